The van der Waals surface area contributed by atoms with Crippen LogP contribution in [-0.2, 0) is 10.0 Å². The highest BCUT2D eigenvalue weighted by Crippen LogP contribution is 2.30. The Hall–Kier alpha value is -1.12. The van der Waals surface area contributed by atoms with Crippen LogP contribution in [-0.4, -0.2) is 8.42 Å². The summed E-state index contributed by atoms with van der Waals surface area (Å²) in [5.74, 6) is -0.465. The number of halogens is 3. The van der Waals surface area contributed by atoms with Crippen molar-refractivity contribution >= 4 is 53.3 Å². The molecule has 0 spiro atoms. The van der Waals surface area contributed by atoms with Crippen LogP contribution >= 0.6 is 31.9 Å². The second-order valence-electron chi connectivity index (χ2n) is 4.35. The summed E-state index contributed by atoms with van der Waals surface area (Å²) in [5.41, 5.74) is 6.84. The molecule has 4 nitrogen and oxygen atoms in total. The molecule has 21 heavy (non-hydrogen) atoms. The van der Waals surface area contributed by atoms with Gasteiger partial charge < -0.3 is 5.73 Å². The Morgan fingerprint density at radius 3 is 2.48 bits per heavy atom. The van der Waals surface area contributed by atoms with E-state index in [0.29, 0.717) is 20.2 Å². The molecule has 0 radical (unpaired) electrons. The first-order valence-corrected chi connectivity index (χ1v) is 8.81. The van der Waals surface area contributed by atoms with E-state index < -0.39 is 15.8 Å². The molecule has 0 aliphatic heterocycles. The molecule has 2 aromatic rings. The second-order valence-corrected chi connectivity index (χ2v) is 7.77. The Balaban J connectivity index is 2.48. The third kappa shape index (κ3) is 3.56. The van der Waals surface area contributed by atoms with Crippen molar-refractivity contribution in [3.8, 4) is 0 Å². The van der Waals surface area contributed by atoms with E-state index in [1.807, 2.05) is 0 Å². The maximum Gasteiger partial charge on any atom is 0.262 e. The Labute approximate surface area is 138 Å². The van der Waals surface area contributed by atoms with E-state index in [9.17, 15) is 12.8 Å². The summed E-state index contributed by atoms with van der Waals surface area (Å²) in [6.45, 7) is 1.62. The van der Waals surface area contributed by atoms with Gasteiger partial charge in [-0.2, -0.15) is 0 Å². The summed E-state index contributed by atoms with van der Waals surface area (Å²) in [4.78, 5) is 0.0607. The van der Waals surface area contributed by atoms with Crippen molar-refractivity contribution < 1.29 is 12.8 Å². The van der Waals surface area contributed by atoms with Crippen LogP contribution < -0.4 is 10.5 Å². The molecule has 0 heterocycles. The zero-order chi connectivity index (χ0) is 15.8. The normalized spacial score (nSPS) is 11.4. The molecule has 112 valence electrons. The Morgan fingerprint density at radius 1 is 1.19 bits per heavy atom. The molecule has 3 N–H and O–H groups in total. The molecular weight excluding hydrogens is 427 g/mol. The van der Waals surface area contributed by atoms with Gasteiger partial charge in [0, 0.05) is 14.6 Å². The van der Waals surface area contributed by atoms with Gasteiger partial charge in [-0.25, -0.2) is 12.8 Å². The lowest BCUT2D eigenvalue weighted by Crippen LogP contribution is -2.15. The van der Waals surface area contributed by atoms with Gasteiger partial charge >= 0.3 is 0 Å². The molecule has 0 aliphatic carbocycles. The number of rotatable bonds is 3. The van der Waals surface area contributed by atoms with E-state index in [-0.39, 0.29) is 10.6 Å². The van der Waals surface area contributed by atoms with Gasteiger partial charge in [-0.3, -0.25) is 4.72 Å². The zero-order valence-electron chi connectivity index (χ0n) is 10.8. The molecule has 2 aromatic carbocycles. The number of sulfonamides is 1. The van der Waals surface area contributed by atoms with E-state index >= 15 is 0 Å². The number of hydrogen-bond acceptors (Lipinski definition) is 3. The topological polar surface area (TPSA) is 72.2 Å². The molecular formula is C13H11Br2FN2O2S. The van der Waals surface area contributed by atoms with Crippen molar-refractivity contribution in [3.63, 3.8) is 0 Å². The number of nitrogens with one attached hydrogen (secondary N) is 1. The number of anilines is 2. The van der Waals surface area contributed by atoms with Crippen LogP contribution in [0.2, 0.25) is 0 Å². The fourth-order valence-electron chi connectivity index (χ4n) is 1.73. The second kappa shape index (κ2) is 5.94. The first kappa shape index (κ1) is 16.3. The fraction of sp³-hybridized carbons (Fsp3) is 0.0769. The van der Waals surface area contributed by atoms with Crippen molar-refractivity contribution in [3.05, 3.63) is 50.7 Å². The lowest BCUT2D eigenvalue weighted by atomic mass is 10.2. The highest BCUT2D eigenvalue weighted by atomic mass is 79.9. The lowest BCUT2D eigenvalue weighted by Gasteiger charge is -2.13. The van der Waals surface area contributed by atoms with Crippen LogP contribution in [0.4, 0.5) is 15.8 Å². The largest absolute Gasteiger partial charge is 0.398 e. The van der Waals surface area contributed by atoms with Crippen molar-refractivity contribution in [1.82, 2.24) is 0 Å². The third-order valence-corrected chi connectivity index (χ3v) is 5.44. The van der Waals surface area contributed by atoms with E-state index in [4.69, 9.17) is 5.73 Å². The first-order chi connectivity index (χ1) is 9.70. The fourth-order valence-corrected chi connectivity index (χ4v) is 4.31. The molecule has 0 unspecified atom stereocenters. The van der Waals surface area contributed by atoms with Gasteiger partial charge in [-0.1, -0.05) is 15.9 Å². The van der Waals surface area contributed by atoms with Crippen molar-refractivity contribution in [1.29, 1.82) is 0 Å². The summed E-state index contributed by atoms with van der Waals surface area (Å²) in [5, 5.41) is 0. The maximum absolute atomic E-state index is 13.0. The molecule has 0 aromatic heterocycles. The Morgan fingerprint density at radius 2 is 1.86 bits per heavy atom. The highest BCUT2D eigenvalue weighted by Gasteiger charge is 2.20. The smallest absolute Gasteiger partial charge is 0.262 e. The molecule has 0 bridgehead atoms. The average Bonchev–Trinajstić information content (AvgIpc) is 2.37. The van der Waals surface area contributed by atoms with E-state index in [1.54, 1.807) is 13.0 Å². The van der Waals surface area contributed by atoms with Crippen molar-refractivity contribution in [2.24, 2.45) is 0 Å². The monoisotopic (exact) mass is 436 g/mol. The summed E-state index contributed by atoms with van der Waals surface area (Å²) >= 11 is 6.34. The van der Waals surface area contributed by atoms with Gasteiger partial charge in [0.25, 0.3) is 10.0 Å². The zero-order valence-corrected chi connectivity index (χ0v) is 14.8. The lowest BCUT2D eigenvalue weighted by molar-refractivity contribution is 0.600. The van der Waals surface area contributed by atoms with Gasteiger partial charge in [0.2, 0.25) is 0 Å². The van der Waals surface area contributed by atoms with E-state index in [1.165, 1.54) is 24.3 Å². The molecule has 2 rings (SSSR count). The van der Waals surface area contributed by atoms with Crippen molar-refractivity contribution in [2.45, 2.75) is 11.8 Å². The predicted molar refractivity (Wildman–Crippen MR) is 88.2 cm³/mol. The molecule has 0 saturated carbocycles. The minimum atomic E-state index is -3.84. The Kier molecular flexibility index (Phi) is 4.60. The van der Waals surface area contributed by atoms with Gasteiger partial charge in [0.15, 0.2) is 0 Å². The number of hydrogen-bond donors (Lipinski definition) is 2. The standard InChI is InChI=1S/C13H11Br2FN2O2S/c1-7-11(17)4-8(14)5-13(7)21(19,20)18-12-3-2-9(16)6-10(12)15/h2-6,18H,17H2,1H3. The molecule has 0 amide bonds. The molecule has 0 atom stereocenters. The van der Waals surface area contributed by atoms with Gasteiger partial charge in [0.1, 0.15) is 5.82 Å². The van der Waals surface area contributed by atoms with Crippen LogP contribution in [0.5, 0.6) is 0 Å². The van der Waals surface area contributed by atoms with Crippen LogP contribution in [0, 0.1) is 12.7 Å². The minimum absolute atomic E-state index is 0.0607. The average molecular weight is 438 g/mol. The predicted octanol–water partition coefficient (Wildman–Crippen LogP) is 4.04. The van der Waals surface area contributed by atoms with Crippen LogP contribution in [0.15, 0.2) is 44.2 Å². The minimum Gasteiger partial charge on any atom is -0.398 e. The Bertz CT molecular complexity index is 810. The number of nitrogens with two attached hydrogens (primary N) is 1. The maximum atomic E-state index is 13.0. The van der Waals surface area contributed by atoms with Gasteiger partial charge in [0.05, 0.1) is 10.6 Å². The summed E-state index contributed by atoms with van der Waals surface area (Å²) in [6.07, 6.45) is 0. The van der Waals surface area contributed by atoms with E-state index in [2.05, 4.69) is 36.6 Å². The summed E-state index contributed by atoms with van der Waals surface area (Å²) in [6, 6.07) is 6.78. The molecule has 0 saturated heterocycles. The quantitative estimate of drug-likeness (QED) is 0.711. The highest BCUT2D eigenvalue weighted by molar-refractivity contribution is 9.10. The SMILES string of the molecule is Cc1c(N)cc(Br)cc1S(=O)(=O)Nc1ccc(F)cc1Br. The number of nitrogen functional groups attached to an aromatic ring is 1. The molecule has 8 heteroatoms. The number of benzene rings is 2. The summed E-state index contributed by atoms with van der Waals surface area (Å²) in [7, 11) is -3.84. The van der Waals surface area contributed by atoms with Crippen molar-refractivity contribution in [2.75, 3.05) is 10.5 Å². The van der Waals surface area contributed by atoms with Crippen LogP contribution in [0.3, 0.4) is 0 Å². The summed E-state index contributed by atoms with van der Waals surface area (Å²) < 4.78 is 41.2. The van der Waals surface area contributed by atoms with E-state index in [0.717, 1.165) is 0 Å². The molecule has 0 aliphatic rings. The van der Waals surface area contributed by atoms with Gasteiger partial charge in [-0.15, -0.1) is 0 Å². The van der Waals surface area contributed by atoms with Gasteiger partial charge in [-0.05, 0) is 58.7 Å². The van der Waals surface area contributed by atoms with Crippen LogP contribution in [0.1, 0.15) is 5.56 Å². The molecule has 0 fully saturated rings. The first-order valence-electron chi connectivity index (χ1n) is 5.74. The van der Waals surface area contributed by atoms with Crippen LogP contribution in [0.25, 0.3) is 0 Å². The third-order valence-electron chi connectivity index (χ3n) is 2.83.